The summed E-state index contributed by atoms with van der Waals surface area (Å²) in [6.07, 6.45) is 0. The Morgan fingerprint density at radius 1 is 0.592 bits per heavy atom. The van der Waals surface area contributed by atoms with Crippen LogP contribution in [0.2, 0.25) is 13.1 Å². The van der Waals surface area contributed by atoms with E-state index in [-0.39, 0.29) is 0 Å². The van der Waals surface area contributed by atoms with Crippen molar-refractivity contribution in [3.63, 3.8) is 0 Å². The third-order valence-corrected chi connectivity index (χ3v) is 13.8. The van der Waals surface area contributed by atoms with E-state index < -0.39 is 8.07 Å². The van der Waals surface area contributed by atoms with Gasteiger partial charge in [-0.15, -0.1) is 0 Å². The molecule has 0 radical (unpaired) electrons. The van der Waals surface area contributed by atoms with Crippen molar-refractivity contribution in [2.45, 2.75) is 52.6 Å². The van der Waals surface area contributed by atoms with Crippen molar-refractivity contribution >= 4 is 51.4 Å². The third kappa shape index (κ3) is 5.22. The van der Waals surface area contributed by atoms with Crippen molar-refractivity contribution in [2.75, 3.05) is 0 Å². The number of rotatable bonds is 7. The molecule has 0 bridgehead atoms. The van der Waals surface area contributed by atoms with Gasteiger partial charge in [-0.3, -0.25) is 4.57 Å². The fourth-order valence-corrected chi connectivity index (χ4v) is 9.78. The fourth-order valence-electron chi connectivity index (χ4n) is 7.43. The van der Waals surface area contributed by atoms with Crippen molar-refractivity contribution in [1.82, 2.24) is 9.55 Å². The minimum absolute atomic E-state index is 0.294. The molecule has 4 heteroatoms. The monoisotopic (exact) mass is 654 g/mol. The summed E-state index contributed by atoms with van der Waals surface area (Å²) >= 11 is 0. The van der Waals surface area contributed by atoms with Crippen molar-refractivity contribution in [3.8, 4) is 28.2 Å². The lowest BCUT2D eigenvalue weighted by molar-refractivity contribution is 0.669. The van der Waals surface area contributed by atoms with Gasteiger partial charge in [-0.1, -0.05) is 148 Å². The summed E-state index contributed by atoms with van der Waals surface area (Å²) in [6, 6.07) is 48.3. The van der Waals surface area contributed by atoms with Gasteiger partial charge in [0.25, 0.3) is 0 Å². The molecule has 0 aliphatic carbocycles. The first kappa shape index (κ1) is 31.1. The Balaban J connectivity index is 1.39. The van der Waals surface area contributed by atoms with Gasteiger partial charge in [-0.25, -0.2) is 4.98 Å². The molecular weight excluding hydrogens is 613 g/mol. The maximum atomic E-state index is 6.90. The van der Waals surface area contributed by atoms with Crippen LogP contribution in [-0.4, -0.2) is 17.6 Å². The maximum Gasteiger partial charge on any atom is 0.149 e. The smallest absolute Gasteiger partial charge is 0.149 e. The Kier molecular flexibility index (Phi) is 7.65. The molecule has 0 fully saturated rings. The van der Waals surface area contributed by atoms with E-state index >= 15 is 0 Å². The lowest BCUT2D eigenvalue weighted by Gasteiger charge is -2.24. The van der Waals surface area contributed by atoms with E-state index in [4.69, 9.17) is 9.40 Å². The van der Waals surface area contributed by atoms with Crippen LogP contribution in [0.3, 0.4) is 0 Å². The summed E-state index contributed by atoms with van der Waals surface area (Å²) in [6.45, 7) is 14.0. The number of hydrogen-bond acceptors (Lipinski definition) is 2. The molecule has 0 saturated heterocycles. The first-order valence-corrected chi connectivity index (χ1v) is 20.4. The molecule has 0 amide bonds. The van der Waals surface area contributed by atoms with Gasteiger partial charge in [0.2, 0.25) is 0 Å². The van der Waals surface area contributed by atoms with E-state index in [1.165, 1.54) is 38.3 Å². The third-order valence-electron chi connectivity index (χ3n) is 10.3. The molecule has 0 unspecified atom stereocenters. The number of nitrogens with zero attached hydrogens (tertiary/aromatic N) is 2. The van der Waals surface area contributed by atoms with Gasteiger partial charge in [-0.05, 0) is 70.5 Å². The predicted molar refractivity (Wildman–Crippen MR) is 211 cm³/mol. The molecule has 0 aliphatic heterocycles. The summed E-state index contributed by atoms with van der Waals surface area (Å²) in [4.78, 5) is 5.37. The highest BCUT2D eigenvalue weighted by molar-refractivity contribution is 7.00. The Labute approximate surface area is 289 Å². The Morgan fingerprint density at radius 2 is 1.24 bits per heavy atom. The quantitative estimate of drug-likeness (QED) is 0.160. The van der Waals surface area contributed by atoms with Crippen LogP contribution in [0, 0.1) is 0 Å². The number of benzene rings is 6. The molecule has 2 heterocycles. The highest BCUT2D eigenvalue weighted by Gasteiger charge is 2.28. The zero-order chi connectivity index (χ0) is 33.9. The van der Waals surface area contributed by atoms with Crippen molar-refractivity contribution in [3.05, 3.63) is 145 Å². The first-order valence-electron chi connectivity index (χ1n) is 17.4. The van der Waals surface area contributed by atoms with Crippen LogP contribution in [-0.2, 0) is 0 Å². The maximum absolute atomic E-state index is 6.90. The lowest BCUT2D eigenvalue weighted by Crippen LogP contribution is -2.52. The summed E-state index contributed by atoms with van der Waals surface area (Å²) in [5.74, 6) is 1.49. The van der Waals surface area contributed by atoms with Crippen LogP contribution >= 0.6 is 0 Å². The number of fused-ring (bicyclic) bond motifs is 4. The highest BCUT2D eigenvalue weighted by atomic mass is 28.3. The van der Waals surface area contributed by atoms with Crippen molar-refractivity contribution < 1.29 is 4.42 Å². The minimum Gasteiger partial charge on any atom is -0.455 e. The Bertz CT molecular complexity index is 2440. The molecule has 0 atom stereocenters. The number of aromatic nitrogens is 2. The van der Waals surface area contributed by atoms with Crippen LogP contribution < -0.4 is 10.4 Å². The van der Waals surface area contributed by atoms with E-state index in [2.05, 4.69) is 179 Å². The fraction of sp³-hybridized carbons (Fsp3) is 0.178. The average Bonchev–Trinajstić information content (AvgIpc) is 3.70. The first-order chi connectivity index (χ1) is 23.7. The molecule has 0 N–H and O–H groups in total. The van der Waals surface area contributed by atoms with E-state index in [0.29, 0.717) is 11.8 Å². The largest absolute Gasteiger partial charge is 0.455 e. The number of furan rings is 1. The molecular formula is C45H42N2OSi. The van der Waals surface area contributed by atoms with E-state index in [9.17, 15) is 0 Å². The van der Waals surface area contributed by atoms with Crippen LogP contribution in [0.15, 0.2) is 138 Å². The van der Waals surface area contributed by atoms with Gasteiger partial charge in [0.05, 0.1) is 22.3 Å². The molecule has 0 saturated carbocycles. The molecule has 3 nitrogen and oxygen atoms in total. The van der Waals surface area contributed by atoms with Gasteiger partial charge in [0, 0.05) is 10.8 Å². The zero-order valence-corrected chi connectivity index (χ0v) is 30.2. The van der Waals surface area contributed by atoms with Crippen molar-refractivity contribution in [2.24, 2.45) is 0 Å². The summed E-state index contributed by atoms with van der Waals surface area (Å²) in [5, 5.41) is 5.03. The Morgan fingerprint density at radius 3 is 1.94 bits per heavy atom. The van der Waals surface area contributed by atoms with E-state index in [1.54, 1.807) is 0 Å². The summed E-state index contributed by atoms with van der Waals surface area (Å²) < 4.78 is 9.31. The van der Waals surface area contributed by atoms with Gasteiger partial charge < -0.3 is 4.42 Å². The minimum atomic E-state index is -1.91. The second-order valence-electron chi connectivity index (χ2n) is 14.4. The molecule has 0 spiro atoms. The van der Waals surface area contributed by atoms with Crippen molar-refractivity contribution in [1.29, 1.82) is 0 Å². The van der Waals surface area contributed by atoms with Crippen LogP contribution in [0.4, 0.5) is 0 Å². The molecule has 2 aromatic heterocycles. The predicted octanol–water partition coefficient (Wildman–Crippen LogP) is 11.3. The van der Waals surface area contributed by atoms with E-state index in [0.717, 1.165) is 44.4 Å². The number of imidazole rings is 1. The highest BCUT2D eigenvalue weighted by Crippen LogP contribution is 2.42. The van der Waals surface area contributed by atoms with Gasteiger partial charge >= 0.3 is 0 Å². The molecule has 49 heavy (non-hydrogen) atoms. The molecule has 6 aromatic carbocycles. The van der Waals surface area contributed by atoms with Gasteiger partial charge in [-0.2, -0.15) is 0 Å². The van der Waals surface area contributed by atoms with Crippen LogP contribution in [0.25, 0.3) is 61.2 Å². The lowest BCUT2D eigenvalue weighted by atomic mass is 9.88. The number of hydrogen-bond donors (Lipinski definition) is 0. The number of para-hydroxylation sites is 3. The zero-order valence-electron chi connectivity index (χ0n) is 29.2. The molecule has 8 aromatic rings. The summed E-state index contributed by atoms with van der Waals surface area (Å²) in [5.41, 5.74) is 11.2. The van der Waals surface area contributed by atoms with Crippen LogP contribution in [0.5, 0.6) is 0 Å². The second kappa shape index (κ2) is 12.0. The molecule has 0 aliphatic rings. The summed E-state index contributed by atoms with van der Waals surface area (Å²) in [7, 11) is -1.91. The van der Waals surface area contributed by atoms with Crippen LogP contribution in [0.1, 0.15) is 50.7 Å². The average molecular weight is 655 g/mol. The molecule has 242 valence electrons. The van der Waals surface area contributed by atoms with E-state index in [1.807, 2.05) is 0 Å². The Hall–Kier alpha value is -5.19. The SMILES string of the molecule is CC(C)c1cc(-c2ccccc2)cc(C(C)C)c1-n1c(-c2cccc3c2oc2cc([Si](C)(C)c4ccccc4)ccc23)nc2ccccc21. The second-order valence-corrected chi connectivity index (χ2v) is 18.8. The molecule has 8 rings (SSSR count). The normalized spacial score (nSPS) is 12.2. The van der Waals surface area contributed by atoms with Gasteiger partial charge in [0.15, 0.2) is 0 Å². The standard InChI is InChI=1S/C45H42N2OSi/c1-29(2)38-26-32(31-16-9-7-10-17-31)27-39(30(3)4)43(38)47-41-23-14-13-22-40(41)46-45(47)37-21-15-20-36-35-25-24-34(28-42(35)48-44(36)37)49(5,6)33-18-11-8-12-19-33/h7-30H,1-6H3. The topological polar surface area (TPSA) is 31.0 Å². The van der Waals surface area contributed by atoms with Gasteiger partial charge in [0.1, 0.15) is 25.1 Å².